The number of carbonyl (C=O) groups is 1. The van der Waals surface area contributed by atoms with E-state index < -0.39 is 59.8 Å². The fourth-order valence-electron chi connectivity index (χ4n) is 3.16. The molecule has 1 aliphatic heterocycles. The van der Waals surface area contributed by atoms with Crippen LogP contribution in [0.4, 0.5) is 0 Å². The molecule has 3 N–H and O–H groups in total. The van der Waals surface area contributed by atoms with E-state index in [-0.39, 0.29) is 12.4 Å². The number of H-pyrrole nitrogens is 1. The van der Waals surface area contributed by atoms with Gasteiger partial charge < -0.3 is 19.1 Å². The molecule has 1 aromatic carbocycles. The quantitative estimate of drug-likeness (QED) is 0.210. The summed E-state index contributed by atoms with van der Waals surface area (Å²) >= 11 is 9.58. The average Bonchev–Trinajstić information content (AvgIpc) is 3.02. The second kappa shape index (κ2) is 11.4. The van der Waals surface area contributed by atoms with Gasteiger partial charge in [-0.15, -0.1) is 0 Å². The smallest absolute Gasteiger partial charge is 0.459 e. The average molecular weight is 597 g/mol. The van der Waals surface area contributed by atoms with Gasteiger partial charge in [-0.1, -0.05) is 45.7 Å². The number of nitrogens with zero attached hydrogens (tertiary/aromatic N) is 1. The number of para-hydroxylation sites is 1. The van der Waals surface area contributed by atoms with Gasteiger partial charge >= 0.3 is 19.4 Å². The topological polar surface area (TPSA) is 158 Å². The largest absolute Gasteiger partial charge is 0.465 e. The highest BCUT2D eigenvalue weighted by Gasteiger charge is 2.55. The number of aromatic nitrogens is 2. The molecule has 0 aliphatic carbocycles. The van der Waals surface area contributed by atoms with Gasteiger partial charge in [-0.25, -0.2) is 9.36 Å². The van der Waals surface area contributed by atoms with Crippen molar-refractivity contribution < 1.29 is 33.0 Å². The maximum atomic E-state index is 13.5. The number of alkyl halides is 2. The van der Waals surface area contributed by atoms with Gasteiger partial charge in [0.25, 0.3) is 5.56 Å². The lowest BCUT2D eigenvalue weighted by molar-refractivity contribution is -0.144. The first-order chi connectivity index (χ1) is 16.5. The number of aliphatic hydroxyl groups is 1. The van der Waals surface area contributed by atoms with Crippen molar-refractivity contribution in [2.24, 2.45) is 0 Å². The predicted octanol–water partition coefficient (Wildman–Crippen LogP) is 1.87. The van der Waals surface area contributed by atoms with Crippen LogP contribution in [-0.2, 0) is 23.4 Å². The van der Waals surface area contributed by atoms with Crippen molar-refractivity contribution in [2.75, 3.05) is 13.2 Å². The molecule has 0 amide bonds. The van der Waals surface area contributed by atoms with Crippen LogP contribution in [-0.4, -0.2) is 55.9 Å². The van der Waals surface area contributed by atoms with E-state index in [1.807, 2.05) is 0 Å². The van der Waals surface area contributed by atoms with E-state index in [1.165, 1.54) is 19.1 Å². The van der Waals surface area contributed by atoms with E-state index in [0.29, 0.717) is 0 Å². The van der Waals surface area contributed by atoms with E-state index in [9.17, 15) is 24.1 Å². The molecule has 2 heterocycles. The molecule has 1 unspecified atom stereocenters. The molecule has 6 atom stereocenters. The highest BCUT2D eigenvalue weighted by Crippen LogP contribution is 2.50. The summed E-state index contributed by atoms with van der Waals surface area (Å²) in [7, 11) is -4.22. The van der Waals surface area contributed by atoms with Crippen LogP contribution < -0.4 is 20.9 Å². The molecule has 0 saturated carbocycles. The molecule has 0 radical (unpaired) electrons. The molecular weight excluding hydrogens is 573 g/mol. The number of benzene rings is 1. The molecule has 12 nitrogen and oxygen atoms in total. The summed E-state index contributed by atoms with van der Waals surface area (Å²) < 4.78 is 34.5. The number of halogens is 2. The van der Waals surface area contributed by atoms with Gasteiger partial charge in [-0.05, 0) is 26.0 Å². The second-order valence-corrected chi connectivity index (χ2v) is 11.6. The summed E-state index contributed by atoms with van der Waals surface area (Å²) in [6, 6.07) is 8.13. The Morgan fingerprint density at radius 1 is 1.37 bits per heavy atom. The number of ether oxygens (including phenoxy) is 2. The number of esters is 1. The molecule has 1 aliphatic rings. The van der Waals surface area contributed by atoms with Gasteiger partial charge in [0.2, 0.25) is 0 Å². The molecule has 0 spiro atoms. The maximum absolute atomic E-state index is 13.5. The zero-order valence-corrected chi connectivity index (χ0v) is 21.9. The summed E-state index contributed by atoms with van der Waals surface area (Å²) in [5.41, 5.74) is -1.44. The second-order valence-electron chi connectivity index (χ2n) is 7.46. The fourth-order valence-corrected chi connectivity index (χ4v) is 5.58. The van der Waals surface area contributed by atoms with Crippen molar-refractivity contribution in [2.45, 2.75) is 42.1 Å². The van der Waals surface area contributed by atoms with E-state index in [0.717, 1.165) is 16.8 Å². The Labute approximate surface area is 213 Å². The number of hydrogen-bond acceptors (Lipinski definition) is 9. The first-order valence-electron chi connectivity index (χ1n) is 10.4. The Morgan fingerprint density at radius 2 is 2.06 bits per heavy atom. The normalized spacial score (nSPS) is 26.6. The third-order valence-corrected chi connectivity index (χ3v) is 7.77. The van der Waals surface area contributed by atoms with Gasteiger partial charge in [0.1, 0.15) is 24.0 Å². The Kier molecular flexibility index (Phi) is 8.97. The van der Waals surface area contributed by atoms with Crippen LogP contribution in [0, 0.1) is 0 Å². The Balaban J connectivity index is 1.80. The highest BCUT2D eigenvalue weighted by atomic mass is 79.9. The number of nitrogens with one attached hydrogen (secondary N) is 2. The summed E-state index contributed by atoms with van der Waals surface area (Å²) in [6.07, 6.45) is -2.76. The Morgan fingerprint density at radius 3 is 2.69 bits per heavy atom. The predicted molar refractivity (Wildman–Crippen MR) is 129 cm³/mol. The van der Waals surface area contributed by atoms with Crippen LogP contribution in [0.25, 0.3) is 0 Å². The first-order valence-corrected chi connectivity index (χ1v) is 13.1. The van der Waals surface area contributed by atoms with Crippen molar-refractivity contribution in [3.63, 3.8) is 0 Å². The standard InChI is InChI=1S/C20H24BrClN3O9P/c1-3-31-17(28)12(2)24-35(30,34-13-7-5-4-6-8-13)32-11-14-16(27)20(21,22)18(33-14)25-10-9-15(26)23-19(25)29/h4-10,12,14,16,18,27H,3,11H2,1-2H3,(H,24,30)(H,23,26,29)/t12-,14+,16+,18+,20-,35?/m0/s1. The molecule has 3 rings (SSSR count). The molecule has 15 heteroatoms. The van der Waals surface area contributed by atoms with E-state index in [2.05, 4.69) is 26.0 Å². The lowest BCUT2D eigenvalue weighted by Crippen LogP contribution is -2.41. The van der Waals surface area contributed by atoms with Crippen molar-refractivity contribution >= 4 is 41.2 Å². The van der Waals surface area contributed by atoms with E-state index >= 15 is 0 Å². The Bertz CT molecular complexity index is 1190. The van der Waals surface area contributed by atoms with Crippen LogP contribution in [0.2, 0.25) is 0 Å². The highest BCUT2D eigenvalue weighted by molar-refractivity contribution is 9.10. The third kappa shape index (κ3) is 6.62. The number of carbonyl (C=O) groups excluding carboxylic acids is 1. The third-order valence-electron chi connectivity index (χ3n) is 4.85. The van der Waals surface area contributed by atoms with Crippen molar-refractivity contribution in [1.82, 2.24) is 14.6 Å². The monoisotopic (exact) mass is 595 g/mol. The maximum Gasteiger partial charge on any atom is 0.459 e. The van der Waals surface area contributed by atoms with Gasteiger partial charge in [0, 0.05) is 12.3 Å². The first kappa shape index (κ1) is 27.6. The van der Waals surface area contributed by atoms with Gasteiger partial charge in [0.15, 0.2) is 10.0 Å². The number of rotatable bonds is 10. The summed E-state index contributed by atoms with van der Waals surface area (Å²) in [4.78, 5) is 37.7. The fraction of sp³-hybridized carbons (Fsp3) is 0.450. The molecule has 2 aromatic rings. The number of aliphatic hydroxyl groups excluding tert-OH is 1. The molecular formula is C20H24BrClN3O9P. The number of aromatic amines is 1. The van der Waals surface area contributed by atoms with Gasteiger partial charge in [-0.3, -0.25) is 23.7 Å². The van der Waals surface area contributed by atoms with Crippen molar-refractivity contribution in [1.29, 1.82) is 0 Å². The number of hydrogen-bond donors (Lipinski definition) is 3. The van der Waals surface area contributed by atoms with Crippen LogP contribution in [0.5, 0.6) is 5.75 Å². The van der Waals surface area contributed by atoms with Crippen LogP contribution >= 0.6 is 35.3 Å². The lowest BCUT2D eigenvalue weighted by atomic mass is 10.2. The molecule has 1 fully saturated rings. The molecule has 1 aromatic heterocycles. The van der Waals surface area contributed by atoms with Gasteiger partial charge in [-0.2, -0.15) is 5.09 Å². The van der Waals surface area contributed by atoms with Crippen LogP contribution in [0.15, 0.2) is 52.2 Å². The lowest BCUT2D eigenvalue weighted by Gasteiger charge is -2.25. The minimum absolute atomic E-state index is 0.117. The zero-order chi connectivity index (χ0) is 25.8. The van der Waals surface area contributed by atoms with E-state index in [4.69, 9.17) is 30.1 Å². The van der Waals surface area contributed by atoms with E-state index in [1.54, 1.807) is 25.1 Å². The SMILES string of the molecule is CCOC(=O)[C@H](C)NP(=O)(OC[C@H]1O[C@@H](n2ccc(=O)[nH]c2=O)[C@](Cl)(Br)[C@@H]1O)Oc1ccccc1. The molecule has 0 bridgehead atoms. The summed E-state index contributed by atoms with van der Waals surface area (Å²) in [6.45, 7) is 2.65. The minimum Gasteiger partial charge on any atom is -0.465 e. The van der Waals surface area contributed by atoms with Gasteiger partial charge in [0.05, 0.1) is 13.2 Å². The van der Waals surface area contributed by atoms with Crippen molar-refractivity contribution in [3.8, 4) is 5.75 Å². The summed E-state index contributed by atoms with van der Waals surface area (Å²) in [5.74, 6) is -0.486. The van der Waals surface area contributed by atoms with Crippen LogP contribution in [0.3, 0.4) is 0 Å². The summed E-state index contributed by atoms with van der Waals surface area (Å²) in [5, 5.41) is 13.2. The van der Waals surface area contributed by atoms with Crippen LogP contribution in [0.1, 0.15) is 20.1 Å². The zero-order valence-electron chi connectivity index (χ0n) is 18.6. The van der Waals surface area contributed by atoms with Crippen molar-refractivity contribution in [3.05, 3.63) is 63.4 Å². The molecule has 35 heavy (non-hydrogen) atoms. The minimum atomic E-state index is -4.22. The Hall–Kier alpha value is -1.99. The molecule has 1 saturated heterocycles. The molecule has 192 valence electrons.